The first-order valence-electron chi connectivity index (χ1n) is 27.6. The zero-order valence-electron chi connectivity index (χ0n) is 54.7. The Morgan fingerprint density at radius 3 is 1.45 bits per heavy atom. The molecule has 5 rings (SSSR count). The summed E-state index contributed by atoms with van der Waals surface area (Å²) < 4.78 is 36.6. The zero-order valence-corrected chi connectivity index (χ0v) is 65.5. The van der Waals surface area contributed by atoms with Gasteiger partial charge in [-0.25, -0.2) is 47.2 Å². The number of aromatic nitrogens is 3. The van der Waals surface area contributed by atoms with E-state index in [2.05, 4.69) is 48.8 Å². The van der Waals surface area contributed by atoms with E-state index in [0.29, 0.717) is 42.7 Å². The Morgan fingerprint density at radius 1 is 0.683 bits per heavy atom. The van der Waals surface area contributed by atoms with Crippen LogP contribution in [0, 0.1) is 25.7 Å². The molecule has 0 aliphatic heterocycles. The summed E-state index contributed by atoms with van der Waals surface area (Å²) in [6.45, 7) is 11.3. The molecule has 2 aliphatic carbocycles. The number of methoxy groups -OCH3 is 1. The van der Waals surface area contributed by atoms with Gasteiger partial charge in [0.2, 0.25) is 27.7 Å². The number of carbonyl (C=O) groups excluding carboxylic acids is 3. The van der Waals surface area contributed by atoms with E-state index in [1.54, 1.807) is 52.1 Å². The second-order valence-electron chi connectivity index (χ2n) is 18.5. The Balaban J connectivity index is -0.000000117. The number of nitrogens with zero attached hydrogens (tertiary/aromatic N) is 4. The van der Waals surface area contributed by atoms with Gasteiger partial charge in [0, 0.05) is 57.2 Å². The van der Waals surface area contributed by atoms with E-state index in [9.17, 15) is 46.8 Å². The fourth-order valence-electron chi connectivity index (χ4n) is 5.65. The van der Waals surface area contributed by atoms with Crippen LogP contribution in [0.15, 0.2) is 68.3 Å². The van der Waals surface area contributed by atoms with Gasteiger partial charge in [0.1, 0.15) is 17.4 Å². The number of Topliss-reactive ketones (excluding diaryl/α,β-unsaturated/α-hetero) is 1. The maximum atomic E-state index is 11.2. The number of amides is 1. The molecule has 37 nitrogen and oxygen atoms in total. The van der Waals surface area contributed by atoms with Gasteiger partial charge in [0.25, 0.3) is 5.97 Å². The molecule has 4 atom stereocenters. The topological polar surface area (TPSA) is 668 Å². The summed E-state index contributed by atoms with van der Waals surface area (Å²) >= 11 is -0.472. The fourth-order valence-corrected chi connectivity index (χ4v) is 7.86. The fraction of sp³-hybridized carbons (Fsp3) is 0.500. The SMILES string of the molecule is CC(=O)CCC(=O)O.CC(=O)O.COCCOCC(=O)O.CS(=O)(=O)c1nnc(-c2ccc(CC(=O)O)cc2)o1.O=C(O)C(=O)O.O=C(O)C(=O)O.O=C(O)CCC(=O)NCCSSc1ccccn1.O=C=NCCC(=O)O.[CH2-][C@@H]1CCCC[C@H]1[NH-].[CH2-][C@@H]1CCCC[C@H]1[NH-].[Cl][Pt+2][Cl].[NH2-].[NH2-].[Pt+2].[Pt+2]. The number of nitrogens with one attached hydrogen (secondary N) is 3. The molecule has 0 radical (unpaired) electrons. The maximum absolute atomic E-state index is 11.2. The number of isocyanates is 1. The van der Waals surface area contributed by atoms with E-state index < -0.39 is 91.2 Å². The predicted octanol–water partition coefficient (Wildman–Crippen LogP) is 8.61. The molecule has 45 heteroatoms. The van der Waals surface area contributed by atoms with Crippen LogP contribution in [0.1, 0.15) is 103 Å². The number of ether oxygens (including phenoxy) is 2. The van der Waals surface area contributed by atoms with Gasteiger partial charge in [-0.15, -0.1) is 5.10 Å². The Morgan fingerprint density at radius 2 is 1.13 bits per heavy atom. The van der Waals surface area contributed by atoms with Crippen molar-refractivity contribution < 1.29 is 194 Å². The van der Waals surface area contributed by atoms with Crippen LogP contribution in [0.2, 0.25) is 0 Å². The van der Waals surface area contributed by atoms with E-state index in [4.69, 9.17) is 110 Å². The van der Waals surface area contributed by atoms with Crippen molar-refractivity contribution in [1.29, 1.82) is 0 Å². The number of benzene rings is 1. The van der Waals surface area contributed by atoms with Crippen molar-refractivity contribution in [2.24, 2.45) is 16.8 Å². The number of nitrogens with two attached hydrogens (primary N) is 2. The van der Waals surface area contributed by atoms with E-state index >= 15 is 0 Å². The third kappa shape index (κ3) is 89.8. The minimum absolute atomic E-state index is 0. The summed E-state index contributed by atoms with van der Waals surface area (Å²) in [6.07, 6.45) is 13.4. The van der Waals surface area contributed by atoms with Crippen LogP contribution in [-0.4, -0.2) is 216 Å². The smallest absolute Gasteiger partial charge is 0.693 e. The van der Waals surface area contributed by atoms with Gasteiger partial charge in [-0.1, -0.05) is 85.5 Å². The number of carboxylic acid groups (broad SMARTS) is 10. The van der Waals surface area contributed by atoms with Crippen LogP contribution in [0.25, 0.3) is 35.2 Å². The summed E-state index contributed by atoms with van der Waals surface area (Å²) in [4.78, 5) is 133. The molecule has 2 heterocycles. The summed E-state index contributed by atoms with van der Waals surface area (Å²) in [5.41, 5.74) is 16.0. The van der Waals surface area contributed by atoms with E-state index in [1.165, 1.54) is 58.6 Å². The number of carboxylic acids is 10. The normalized spacial score (nSPS) is 13.7. The van der Waals surface area contributed by atoms with Gasteiger partial charge in [-0.05, 0) is 47.5 Å². The first kappa shape index (κ1) is 116. The number of halogens is 2. The average Bonchev–Trinajstić information content (AvgIpc) is 1.45. The van der Waals surface area contributed by atoms with Crippen molar-refractivity contribution in [2.45, 2.75) is 126 Å². The summed E-state index contributed by atoms with van der Waals surface area (Å²) in [7, 11) is 10.9. The van der Waals surface area contributed by atoms with Crippen molar-refractivity contribution in [3.05, 3.63) is 91.8 Å². The Bertz CT molecular complexity index is 2810. The number of ketones is 1. The van der Waals surface area contributed by atoms with Gasteiger partial charge < -0.3 is 113 Å². The first-order valence-corrected chi connectivity index (χ1v) is 37.4. The van der Waals surface area contributed by atoms with Gasteiger partial charge >= 0.3 is 136 Å². The summed E-state index contributed by atoms with van der Waals surface area (Å²) in [5, 5.41) is 88.2. The Labute approximate surface area is 636 Å². The molecule has 2 aromatic heterocycles. The second kappa shape index (κ2) is 76.4. The Kier molecular flexibility index (Phi) is 87.8. The molecule has 0 unspecified atom stereocenters. The molecular weight excluding hydrogens is 2000 g/mol. The molecule has 2 fully saturated rings. The number of hydrogen-bond acceptors (Lipinski definition) is 24. The number of sulfone groups is 1. The number of hydrogen-bond donors (Lipinski definition) is 11. The largest absolute Gasteiger partial charge is 2.00 e. The van der Waals surface area contributed by atoms with Gasteiger partial charge in [0.05, 0.1) is 45.4 Å². The molecular formula is C56H85Cl2N9O28Pt3S3. The third-order valence-corrected chi connectivity index (χ3v) is 13.2. The van der Waals surface area contributed by atoms with Crippen LogP contribution in [0.5, 0.6) is 0 Å². The van der Waals surface area contributed by atoms with Crippen LogP contribution in [0.3, 0.4) is 0 Å². The average molecular weight is 2080 g/mol. The summed E-state index contributed by atoms with van der Waals surface area (Å²) in [5.74, 6) is -11.5. The second-order valence-corrected chi connectivity index (χ2v) is 26.1. The van der Waals surface area contributed by atoms with Crippen molar-refractivity contribution >= 4 is 128 Å². The van der Waals surface area contributed by atoms with Crippen LogP contribution in [0.4, 0.5) is 0 Å². The van der Waals surface area contributed by atoms with Crippen molar-refractivity contribution in [2.75, 3.05) is 52.0 Å². The van der Waals surface area contributed by atoms with Crippen LogP contribution >= 0.6 is 40.4 Å². The minimum atomic E-state index is -3.53. The number of aliphatic carboxylic acids is 10. The molecule has 3 aromatic rings. The third-order valence-electron chi connectivity index (χ3n) is 10.2. The van der Waals surface area contributed by atoms with E-state index in [1.807, 2.05) is 18.2 Å². The van der Waals surface area contributed by atoms with E-state index in [-0.39, 0.29) is 136 Å². The monoisotopic (exact) mass is 2080 g/mol. The maximum Gasteiger partial charge on any atom is 2.00 e. The molecule has 0 spiro atoms. The molecule has 0 bridgehead atoms. The molecule has 584 valence electrons. The predicted molar refractivity (Wildman–Crippen MR) is 357 cm³/mol. The standard InChI is InChI=1S/C11H10N2O5S.C11H14N2O3S2.2C7H13N.C5H10O4.C5H8O3.C4H5NO3.2C2H2O4.C2H4O2.2ClH.2H2N.3Pt/c1-19(16,17)11-13-12-10(18-11)8-4-2-7(3-5-8)6-9(14)15;14-9(4-5-11(15)16)12-7-8-17-18-10-3-1-2-6-13-10;2*1-6-4-2-3-5-7(6)8;1-8-2-3-9-4-5(6)7;1-4(6)2-3-5(7)8;6-3-5-2-1-4(7)8;2*3-1(4)2(5)6;1-2(3)4;;;;;;;/h2-5H,6H2,1H3,(H,14,15);1-3,6H,4-5,7-8H2,(H,12,14)(H,15,16);2*6-8H,1-5H2;2-4H2,1H3,(H,6,7);2-3H2,1H3,(H,7,8);1-2H2,(H,7,8);2*(H,3,4)(H,5,6);1H3,(H,3,4);2*1H;2*1H2;;;/q;;2*-2;;;;;;;;;2*-1;2*+2;+4/p-2/t;;2*6-,7-;;;;;;;;;;;;;/m..11............./s1. The van der Waals surface area contributed by atoms with Gasteiger partial charge in [0.15, 0.2) is 0 Å². The van der Waals surface area contributed by atoms with Crippen LogP contribution < -0.4 is 5.32 Å². The molecule has 0 saturated heterocycles. The minimum Gasteiger partial charge on any atom is -0.693 e. The van der Waals surface area contributed by atoms with Gasteiger partial charge in [-0.3, -0.25) is 28.8 Å². The molecule has 17 N–H and O–H groups in total. The van der Waals surface area contributed by atoms with Crippen LogP contribution in [-0.2, 0) is 147 Å². The Hall–Kier alpha value is -6.22. The number of carbonyl (C=O) groups is 12. The zero-order chi connectivity index (χ0) is 75.9. The molecule has 101 heavy (non-hydrogen) atoms. The first-order chi connectivity index (χ1) is 45.2. The molecule has 2 aliphatic rings. The van der Waals surface area contributed by atoms with Gasteiger partial charge in [-0.2, -0.15) is 23.9 Å². The number of rotatable bonds is 23. The number of pyridine rings is 1. The van der Waals surface area contributed by atoms with Crippen molar-refractivity contribution in [3.8, 4) is 11.5 Å². The van der Waals surface area contributed by atoms with Crippen molar-refractivity contribution in [1.82, 2.24) is 20.5 Å². The molecule has 2 saturated carbocycles. The quantitative estimate of drug-likeness (QED) is 0.0106. The number of aliphatic imine (C=N–C) groups is 1. The molecule has 1 amide bonds. The van der Waals surface area contributed by atoms with E-state index in [0.717, 1.165) is 36.8 Å². The molecule has 1 aromatic carbocycles. The van der Waals surface area contributed by atoms with Crippen molar-refractivity contribution in [3.63, 3.8) is 0 Å². The summed E-state index contributed by atoms with van der Waals surface area (Å²) in [6, 6.07) is 12.4.